The van der Waals surface area contributed by atoms with Crippen LogP contribution in [0.4, 0.5) is 0 Å². The van der Waals surface area contributed by atoms with Crippen molar-refractivity contribution in [1.29, 1.82) is 0 Å². The van der Waals surface area contributed by atoms with Crippen molar-refractivity contribution >= 4 is 45.5 Å². The highest BCUT2D eigenvalue weighted by molar-refractivity contribution is 6.16. The summed E-state index contributed by atoms with van der Waals surface area (Å²) in [4.78, 5) is 25.8. The summed E-state index contributed by atoms with van der Waals surface area (Å²) >= 11 is 0. The first-order valence-electron chi connectivity index (χ1n) is 11.7. The van der Waals surface area contributed by atoms with Gasteiger partial charge in [-0.25, -0.2) is 0 Å². The van der Waals surface area contributed by atoms with E-state index in [2.05, 4.69) is 11.5 Å². The van der Waals surface area contributed by atoms with E-state index < -0.39 is 0 Å². The molecule has 0 aliphatic carbocycles. The number of ketones is 2. The number of fused-ring (bicyclic) bond motifs is 3. The summed E-state index contributed by atoms with van der Waals surface area (Å²) in [6.45, 7) is 2.89. The number of aromatic nitrogens is 1. The maximum absolute atomic E-state index is 12.9. The lowest BCUT2D eigenvalue weighted by atomic mass is 10.0. The zero-order chi connectivity index (χ0) is 24.2. The van der Waals surface area contributed by atoms with Crippen LogP contribution in [-0.4, -0.2) is 16.1 Å². The summed E-state index contributed by atoms with van der Waals surface area (Å²) in [7, 11) is 0. The number of hydrogen-bond donors (Lipinski definition) is 0. The Morgan fingerprint density at radius 1 is 0.629 bits per heavy atom. The minimum absolute atomic E-state index is 0.0498. The molecule has 0 saturated heterocycles. The Morgan fingerprint density at radius 2 is 1.06 bits per heavy atom. The summed E-state index contributed by atoms with van der Waals surface area (Å²) in [5, 5.41) is 1.95. The Balaban J connectivity index is 1.52. The molecule has 0 atom stereocenters. The molecule has 0 radical (unpaired) electrons. The molecule has 4 aromatic carbocycles. The lowest BCUT2D eigenvalue weighted by molar-refractivity contribution is 0.104. The van der Waals surface area contributed by atoms with Gasteiger partial charge >= 0.3 is 0 Å². The normalized spacial score (nSPS) is 11.7. The van der Waals surface area contributed by atoms with Gasteiger partial charge in [-0.05, 0) is 66.6 Å². The predicted molar refractivity (Wildman–Crippen MR) is 145 cm³/mol. The van der Waals surface area contributed by atoms with Gasteiger partial charge in [0.25, 0.3) is 0 Å². The molecule has 0 aliphatic rings. The molecule has 35 heavy (non-hydrogen) atoms. The standard InChI is InChI=1S/C32H25NO2/c1-2-33-29-17-15-25(31(34)19-13-23-9-5-3-6-10-23)21-27(29)28-22-26(16-18-30(28)33)32(35)20-14-24-11-7-4-8-12-24/h3-22H,2H2,1H3. The highest BCUT2D eigenvalue weighted by atomic mass is 16.1. The Bertz CT molecular complexity index is 1470. The van der Waals surface area contributed by atoms with Crippen molar-refractivity contribution in [2.45, 2.75) is 13.5 Å². The Morgan fingerprint density at radius 3 is 1.46 bits per heavy atom. The van der Waals surface area contributed by atoms with E-state index in [0.717, 1.165) is 39.5 Å². The Labute approximate surface area is 204 Å². The van der Waals surface area contributed by atoms with Gasteiger partial charge in [0.05, 0.1) is 0 Å². The lowest BCUT2D eigenvalue weighted by Gasteiger charge is -2.03. The van der Waals surface area contributed by atoms with E-state index in [1.807, 2.05) is 109 Å². The number of nitrogens with zero attached hydrogens (tertiary/aromatic N) is 1. The van der Waals surface area contributed by atoms with E-state index in [0.29, 0.717) is 11.1 Å². The van der Waals surface area contributed by atoms with E-state index in [1.54, 1.807) is 12.2 Å². The van der Waals surface area contributed by atoms with Crippen LogP contribution in [0.1, 0.15) is 38.8 Å². The summed E-state index contributed by atoms with van der Waals surface area (Å²) < 4.78 is 2.22. The van der Waals surface area contributed by atoms with Crippen molar-refractivity contribution in [1.82, 2.24) is 4.57 Å². The van der Waals surface area contributed by atoms with E-state index in [-0.39, 0.29) is 11.6 Å². The maximum atomic E-state index is 12.9. The van der Waals surface area contributed by atoms with Gasteiger partial charge in [0.2, 0.25) is 0 Å². The third kappa shape index (κ3) is 4.62. The quantitative estimate of drug-likeness (QED) is 0.187. The van der Waals surface area contributed by atoms with Gasteiger partial charge in [-0.1, -0.05) is 72.8 Å². The first-order valence-corrected chi connectivity index (χ1v) is 11.7. The molecule has 170 valence electrons. The molecule has 5 rings (SSSR count). The largest absolute Gasteiger partial charge is 0.341 e. The van der Waals surface area contributed by atoms with Crippen molar-refractivity contribution in [3.63, 3.8) is 0 Å². The highest BCUT2D eigenvalue weighted by Gasteiger charge is 2.14. The second-order valence-electron chi connectivity index (χ2n) is 8.42. The molecule has 1 aromatic heterocycles. The molecule has 3 nitrogen and oxygen atoms in total. The van der Waals surface area contributed by atoms with Crippen molar-refractivity contribution in [3.05, 3.63) is 131 Å². The molecule has 3 heteroatoms. The van der Waals surface area contributed by atoms with Gasteiger partial charge in [-0.2, -0.15) is 0 Å². The monoisotopic (exact) mass is 455 g/mol. The van der Waals surface area contributed by atoms with E-state index in [1.165, 1.54) is 0 Å². The fourth-order valence-electron chi connectivity index (χ4n) is 4.42. The van der Waals surface area contributed by atoms with Crippen LogP contribution < -0.4 is 0 Å². The highest BCUT2D eigenvalue weighted by Crippen LogP contribution is 2.31. The molecule has 0 fully saturated rings. The van der Waals surface area contributed by atoms with E-state index in [9.17, 15) is 9.59 Å². The van der Waals surface area contributed by atoms with Gasteiger partial charge in [0.15, 0.2) is 11.6 Å². The first kappa shape index (κ1) is 22.3. The summed E-state index contributed by atoms with van der Waals surface area (Å²) in [5.74, 6) is -0.0997. The summed E-state index contributed by atoms with van der Waals surface area (Å²) in [5.41, 5.74) is 5.32. The van der Waals surface area contributed by atoms with Gasteiger partial charge in [0.1, 0.15) is 0 Å². The third-order valence-corrected chi connectivity index (χ3v) is 6.20. The fraction of sp³-hybridized carbons (Fsp3) is 0.0625. The number of rotatable bonds is 7. The van der Waals surface area contributed by atoms with Crippen LogP contribution in [0.3, 0.4) is 0 Å². The molecule has 0 amide bonds. The molecule has 0 unspecified atom stereocenters. The van der Waals surface area contributed by atoms with Crippen LogP contribution in [0, 0.1) is 0 Å². The Kier molecular flexibility index (Phi) is 6.23. The third-order valence-electron chi connectivity index (χ3n) is 6.20. The zero-order valence-corrected chi connectivity index (χ0v) is 19.5. The fourth-order valence-corrected chi connectivity index (χ4v) is 4.42. The SMILES string of the molecule is CCn1c2ccc(C(=O)C=Cc3ccccc3)cc2c2cc(C(=O)C=Cc3ccccc3)ccc21. The molecule has 1 heterocycles. The van der Waals surface area contributed by atoms with E-state index >= 15 is 0 Å². The van der Waals surface area contributed by atoms with Crippen molar-refractivity contribution in [2.75, 3.05) is 0 Å². The number of carbonyl (C=O) groups is 2. The summed E-state index contributed by atoms with van der Waals surface area (Å²) in [6, 6.07) is 31.2. The molecular weight excluding hydrogens is 430 g/mol. The van der Waals surface area contributed by atoms with Gasteiger partial charge in [-0.15, -0.1) is 0 Å². The van der Waals surface area contributed by atoms with Crippen LogP contribution >= 0.6 is 0 Å². The van der Waals surface area contributed by atoms with Crippen LogP contribution in [0.5, 0.6) is 0 Å². The minimum atomic E-state index is -0.0498. The van der Waals surface area contributed by atoms with Crippen molar-refractivity contribution in [2.24, 2.45) is 0 Å². The molecule has 0 spiro atoms. The molecule has 0 saturated carbocycles. The average molecular weight is 456 g/mol. The van der Waals surface area contributed by atoms with Crippen LogP contribution in [0.15, 0.2) is 109 Å². The van der Waals surface area contributed by atoms with Gasteiger partial charge in [0, 0.05) is 39.5 Å². The van der Waals surface area contributed by atoms with Crippen LogP contribution in [0.2, 0.25) is 0 Å². The first-order chi connectivity index (χ1) is 17.1. The van der Waals surface area contributed by atoms with Gasteiger partial charge in [-0.3, -0.25) is 9.59 Å². The maximum Gasteiger partial charge on any atom is 0.185 e. The lowest BCUT2D eigenvalue weighted by Crippen LogP contribution is -1.96. The predicted octanol–water partition coefficient (Wildman–Crippen LogP) is 7.61. The number of aryl methyl sites for hydroxylation is 1. The van der Waals surface area contributed by atoms with Crippen molar-refractivity contribution in [3.8, 4) is 0 Å². The molecular formula is C32H25NO2. The second-order valence-corrected chi connectivity index (χ2v) is 8.42. The second kappa shape index (κ2) is 9.78. The molecule has 5 aromatic rings. The molecule has 0 N–H and O–H groups in total. The summed E-state index contributed by atoms with van der Waals surface area (Å²) in [6.07, 6.45) is 6.88. The zero-order valence-electron chi connectivity index (χ0n) is 19.5. The van der Waals surface area contributed by atoms with E-state index in [4.69, 9.17) is 0 Å². The Hall–Kier alpha value is -4.50. The number of hydrogen-bond acceptors (Lipinski definition) is 2. The van der Waals surface area contributed by atoms with Gasteiger partial charge < -0.3 is 4.57 Å². The number of carbonyl (C=O) groups excluding carboxylic acids is 2. The smallest absolute Gasteiger partial charge is 0.185 e. The number of allylic oxidation sites excluding steroid dienone is 2. The number of benzene rings is 4. The van der Waals surface area contributed by atoms with Crippen molar-refractivity contribution < 1.29 is 9.59 Å². The van der Waals surface area contributed by atoms with Crippen LogP contribution in [0.25, 0.3) is 34.0 Å². The topological polar surface area (TPSA) is 39.1 Å². The van der Waals surface area contributed by atoms with Crippen LogP contribution in [-0.2, 0) is 6.54 Å². The average Bonchev–Trinajstić information content (AvgIpc) is 3.23. The minimum Gasteiger partial charge on any atom is -0.341 e. The molecule has 0 bridgehead atoms. The molecule has 0 aliphatic heterocycles.